The number of hydrogen-bond donors (Lipinski definition) is 2. The van der Waals surface area contributed by atoms with Crippen molar-refractivity contribution >= 4 is 27.2 Å². The Hall–Kier alpha value is -2.34. The zero-order valence-electron chi connectivity index (χ0n) is 10.8. The standard InChI is InChI=1S/C14H14N2O3S/c1-10(17)11-2-6-13(7-3-11)16-20(18,19)14-8-4-12(15)5-9-14/h2-9,16H,15H2,1H3. The Labute approximate surface area is 117 Å². The number of nitrogens with one attached hydrogen (secondary N) is 1. The molecule has 0 amide bonds. The van der Waals surface area contributed by atoms with Gasteiger partial charge in [-0.15, -0.1) is 0 Å². The third-order valence-corrected chi connectivity index (χ3v) is 4.13. The first-order valence-electron chi connectivity index (χ1n) is 5.88. The van der Waals surface area contributed by atoms with Crippen LogP contribution in [-0.4, -0.2) is 14.2 Å². The van der Waals surface area contributed by atoms with Crippen LogP contribution in [0.2, 0.25) is 0 Å². The van der Waals surface area contributed by atoms with E-state index in [4.69, 9.17) is 5.73 Å². The number of ketones is 1. The van der Waals surface area contributed by atoms with Crippen molar-refractivity contribution in [2.45, 2.75) is 11.8 Å². The van der Waals surface area contributed by atoms with Gasteiger partial charge < -0.3 is 5.73 Å². The maximum atomic E-state index is 12.1. The van der Waals surface area contributed by atoms with Crippen LogP contribution in [-0.2, 0) is 10.0 Å². The molecule has 3 N–H and O–H groups in total. The van der Waals surface area contributed by atoms with E-state index in [0.29, 0.717) is 16.9 Å². The first-order chi connectivity index (χ1) is 9.38. The molecule has 2 aromatic carbocycles. The summed E-state index contributed by atoms with van der Waals surface area (Å²) < 4.78 is 26.7. The highest BCUT2D eigenvalue weighted by Gasteiger charge is 2.13. The highest BCUT2D eigenvalue weighted by Crippen LogP contribution is 2.17. The maximum Gasteiger partial charge on any atom is 0.261 e. The lowest BCUT2D eigenvalue weighted by molar-refractivity contribution is 0.101. The van der Waals surface area contributed by atoms with E-state index < -0.39 is 10.0 Å². The lowest BCUT2D eigenvalue weighted by Gasteiger charge is -2.08. The highest BCUT2D eigenvalue weighted by molar-refractivity contribution is 7.92. The van der Waals surface area contributed by atoms with E-state index in [1.165, 1.54) is 31.2 Å². The summed E-state index contributed by atoms with van der Waals surface area (Å²) in [6.45, 7) is 1.45. The molecule has 0 unspecified atom stereocenters. The van der Waals surface area contributed by atoms with Crippen molar-refractivity contribution in [1.29, 1.82) is 0 Å². The topological polar surface area (TPSA) is 89.3 Å². The lowest BCUT2D eigenvalue weighted by atomic mass is 10.1. The van der Waals surface area contributed by atoms with E-state index in [1.54, 1.807) is 24.3 Å². The van der Waals surface area contributed by atoms with Crippen molar-refractivity contribution in [2.24, 2.45) is 0 Å². The van der Waals surface area contributed by atoms with E-state index >= 15 is 0 Å². The number of carbonyl (C=O) groups excluding carboxylic acids is 1. The van der Waals surface area contributed by atoms with Gasteiger partial charge >= 0.3 is 0 Å². The number of sulfonamides is 1. The van der Waals surface area contributed by atoms with Crippen LogP contribution in [0.3, 0.4) is 0 Å². The van der Waals surface area contributed by atoms with Crippen molar-refractivity contribution in [3.63, 3.8) is 0 Å². The van der Waals surface area contributed by atoms with Crippen molar-refractivity contribution in [1.82, 2.24) is 0 Å². The summed E-state index contributed by atoms with van der Waals surface area (Å²) in [7, 11) is -3.65. The molecule has 5 nitrogen and oxygen atoms in total. The third-order valence-electron chi connectivity index (χ3n) is 2.73. The summed E-state index contributed by atoms with van der Waals surface area (Å²) in [6.07, 6.45) is 0. The van der Waals surface area contributed by atoms with Gasteiger partial charge in [-0.05, 0) is 55.5 Å². The molecular formula is C14H14N2O3S. The second-order valence-corrected chi connectivity index (χ2v) is 5.99. The fourth-order valence-corrected chi connectivity index (χ4v) is 2.69. The number of anilines is 2. The van der Waals surface area contributed by atoms with Gasteiger partial charge in [-0.25, -0.2) is 8.42 Å². The normalized spacial score (nSPS) is 11.1. The molecule has 0 fully saturated rings. The van der Waals surface area contributed by atoms with Crippen LogP contribution in [0.1, 0.15) is 17.3 Å². The Morgan fingerprint density at radius 1 is 1.00 bits per heavy atom. The third kappa shape index (κ3) is 3.16. The predicted octanol–water partition coefficient (Wildman–Crippen LogP) is 2.27. The Bertz CT molecular complexity index is 720. The number of benzene rings is 2. The molecule has 0 atom stereocenters. The molecule has 0 aliphatic heterocycles. The minimum Gasteiger partial charge on any atom is -0.399 e. The molecule has 20 heavy (non-hydrogen) atoms. The summed E-state index contributed by atoms with van der Waals surface area (Å²) in [6, 6.07) is 12.1. The number of nitrogens with two attached hydrogens (primary N) is 1. The number of carbonyl (C=O) groups is 1. The molecule has 0 aromatic heterocycles. The first-order valence-corrected chi connectivity index (χ1v) is 7.36. The highest BCUT2D eigenvalue weighted by atomic mass is 32.2. The van der Waals surface area contributed by atoms with E-state index in [9.17, 15) is 13.2 Å². The molecule has 0 heterocycles. The van der Waals surface area contributed by atoms with Gasteiger partial charge in [0, 0.05) is 16.9 Å². The minimum absolute atomic E-state index is 0.0714. The predicted molar refractivity (Wildman–Crippen MR) is 78.1 cm³/mol. The second-order valence-electron chi connectivity index (χ2n) is 4.31. The van der Waals surface area contributed by atoms with Gasteiger partial charge in [0.25, 0.3) is 10.0 Å². The SMILES string of the molecule is CC(=O)c1ccc(NS(=O)(=O)c2ccc(N)cc2)cc1. The average molecular weight is 290 g/mol. The Morgan fingerprint density at radius 2 is 1.55 bits per heavy atom. The molecule has 104 valence electrons. The van der Waals surface area contributed by atoms with Crippen molar-refractivity contribution in [2.75, 3.05) is 10.5 Å². The summed E-state index contributed by atoms with van der Waals surface area (Å²) >= 11 is 0. The van der Waals surface area contributed by atoms with E-state index in [1.807, 2.05) is 0 Å². The molecule has 2 aromatic rings. The summed E-state index contributed by atoms with van der Waals surface area (Å²) in [5.41, 5.74) is 6.94. The largest absolute Gasteiger partial charge is 0.399 e. The van der Waals surface area contributed by atoms with Crippen LogP contribution in [0.25, 0.3) is 0 Å². The fourth-order valence-electron chi connectivity index (χ4n) is 1.63. The quantitative estimate of drug-likeness (QED) is 0.667. The molecule has 6 heteroatoms. The van der Waals surface area contributed by atoms with Gasteiger partial charge in [0.05, 0.1) is 4.90 Å². The second kappa shape index (κ2) is 5.34. The molecule has 0 saturated heterocycles. The monoisotopic (exact) mass is 290 g/mol. The van der Waals surface area contributed by atoms with Gasteiger partial charge in [-0.3, -0.25) is 9.52 Å². The minimum atomic E-state index is -3.65. The van der Waals surface area contributed by atoms with Crippen LogP contribution in [0, 0.1) is 0 Å². The molecule has 0 saturated carbocycles. The molecule has 0 radical (unpaired) electrons. The smallest absolute Gasteiger partial charge is 0.261 e. The lowest BCUT2D eigenvalue weighted by Crippen LogP contribution is -2.13. The van der Waals surface area contributed by atoms with Crippen LogP contribution in [0.5, 0.6) is 0 Å². The van der Waals surface area contributed by atoms with Gasteiger partial charge in [0.2, 0.25) is 0 Å². The van der Waals surface area contributed by atoms with Gasteiger partial charge in [0.15, 0.2) is 5.78 Å². The fraction of sp³-hybridized carbons (Fsp3) is 0.0714. The van der Waals surface area contributed by atoms with Gasteiger partial charge in [0.1, 0.15) is 0 Å². The summed E-state index contributed by atoms with van der Waals surface area (Å²) in [5, 5.41) is 0. The van der Waals surface area contributed by atoms with Crippen LogP contribution >= 0.6 is 0 Å². The summed E-state index contributed by atoms with van der Waals surface area (Å²) in [4.78, 5) is 11.3. The van der Waals surface area contributed by atoms with Gasteiger partial charge in [-0.2, -0.15) is 0 Å². The number of rotatable bonds is 4. The van der Waals surface area contributed by atoms with Crippen LogP contribution < -0.4 is 10.5 Å². The Kier molecular flexibility index (Phi) is 3.76. The molecule has 0 aliphatic carbocycles. The molecule has 0 spiro atoms. The van der Waals surface area contributed by atoms with E-state index in [0.717, 1.165) is 0 Å². The van der Waals surface area contributed by atoms with Crippen molar-refractivity contribution in [3.8, 4) is 0 Å². The first kappa shape index (κ1) is 14.1. The Balaban J connectivity index is 2.24. The van der Waals surface area contributed by atoms with Gasteiger partial charge in [-0.1, -0.05) is 0 Å². The van der Waals surface area contributed by atoms with Crippen molar-refractivity contribution in [3.05, 3.63) is 54.1 Å². The number of hydrogen-bond acceptors (Lipinski definition) is 4. The van der Waals surface area contributed by atoms with E-state index in [-0.39, 0.29) is 10.7 Å². The molecule has 0 aliphatic rings. The maximum absolute atomic E-state index is 12.1. The molecular weight excluding hydrogens is 276 g/mol. The zero-order chi connectivity index (χ0) is 14.8. The Morgan fingerprint density at radius 3 is 2.05 bits per heavy atom. The van der Waals surface area contributed by atoms with E-state index in [2.05, 4.69) is 4.72 Å². The molecule has 0 bridgehead atoms. The zero-order valence-corrected chi connectivity index (χ0v) is 11.6. The number of nitrogen functional groups attached to an aromatic ring is 1. The van der Waals surface area contributed by atoms with Crippen molar-refractivity contribution < 1.29 is 13.2 Å². The summed E-state index contributed by atoms with van der Waals surface area (Å²) in [5.74, 6) is -0.0714. The number of Topliss-reactive ketones (excluding diaryl/α,β-unsaturated/α-hetero) is 1. The molecule has 2 rings (SSSR count). The van der Waals surface area contributed by atoms with Crippen LogP contribution in [0.15, 0.2) is 53.4 Å². The average Bonchev–Trinajstić information content (AvgIpc) is 2.39. The van der Waals surface area contributed by atoms with Crippen LogP contribution in [0.4, 0.5) is 11.4 Å².